The standard InChI is InChI=1S/C22H21ClN4O4S2/c1-10-17-15(11(2)28)20(29)27(17)18(21(30)31)19(10)33-22-24-16-12(8-26-7-6-25(3)9-26)13(23)4-5-14(16)32-22/h4-7,9-11,15,17,28H,8H2,1-3H3/t10-,11-,15-,17-/m1/s1. The molecule has 2 aliphatic heterocycles. The number of halogens is 1. The maximum Gasteiger partial charge on any atom is 0.243 e. The molecule has 0 bridgehead atoms. The van der Waals surface area contributed by atoms with Crippen LogP contribution >= 0.6 is 34.7 Å². The highest BCUT2D eigenvalue weighted by molar-refractivity contribution is 8.04. The molecule has 172 valence electrons. The van der Waals surface area contributed by atoms with E-state index in [2.05, 4.69) is 0 Å². The predicted octanol–water partition coefficient (Wildman–Crippen LogP) is 1.54. The van der Waals surface area contributed by atoms with Gasteiger partial charge in [-0.1, -0.05) is 30.3 Å². The van der Waals surface area contributed by atoms with Crippen LogP contribution in [0.1, 0.15) is 19.4 Å². The van der Waals surface area contributed by atoms with Gasteiger partial charge in [-0.15, -0.1) is 11.3 Å². The molecular formula is C22H21ClN4O4S2. The molecule has 1 amide bonds. The molecule has 0 spiro atoms. The molecule has 11 heteroatoms. The number of aliphatic hydroxyl groups excluding tert-OH is 1. The van der Waals surface area contributed by atoms with Crippen molar-refractivity contribution >= 4 is 56.8 Å². The Balaban J connectivity index is 1.51. The normalized spacial score (nSPS) is 23.2. The van der Waals surface area contributed by atoms with Gasteiger partial charge in [-0.3, -0.25) is 4.79 Å². The molecule has 4 atom stereocenters. The van der Waals surface area contributed by atoms with Crippen molar-refractivity contribution in [1.29, 1.82) is 0 Å². The SMILES string of the molecule is C[C@@H](O)[C@H]1C(=O)N2C(C(=O)[O-])=C(Sc3nc4c(Cn5cc[n+](C)c5)c(Cl)ccc4s3)[C@H](C)[C@H]12. The molecule has 0 unspecified atom stereocenters. The maximum atomic E-state index is 12.5. The number of aromatic nitrogens is 3. The van der Waals surface area contributed by atoms with Gasteiger partial charge < -0.3 is 19.9 Å². The van der Waals surface area contributed by atoms with Gasteiger partial charge in [-0.2, -0.15) is 0 Å². The third-order valence-corrected chi connectivity index (χ3v) is 8.97. The lowest BCUT2D eigenvalue weighted by Crippen LogP contribution is -2.64. The minimum absolute atomic E-state index is 0.114. The summed E-state index contributed by atoms with van der Waals surface area (Å²) in [5.74, 6) is -2.64. The van der Waals surface area contributed by atoms with E-state index in [1.165, 1.54) is 28.0 Å². The van der Waals surface area contributed by atoms with Gasteiger partial charge in [-0.05, 0) is 19.1 Å². The molecule has 1 N–H and O–H groups in total. The number of aliphatic hydroxyl groups is 1. The molecule has 1 aromatic carbocycles. The Morgan fingerprint density at radius 1 is 1.45 bits per heavy atom. The van der Waals surface area contributed by atoms with Crippen molar-refractivity contribution in [1.82, 2.24) is 14.5 Å². The van der Waals surface area contributed by atoms with E-state index in [9.17, 15) is 19.8 Å². The zero-order chi connectivity index (χ0) is 23.6. The highest BCUT2D eigenvalue weighted by atomic mass is 35.5. The Kier molecular flexibility index (Phi) is 5.51. The van der Waals surface area contributed by atoms with E-state index in [1.807, 2.05) is 54.0 Å². The van der Waals surface area contributed by atoms with Crippen molar-refractivity contribution in [2.75, 3.05) is 0 Å². The first-order valence-corrected chi connectivity index (χ1v) is 12.4. The molecular weight excluding hydrogens is 484 g/mol. The van der Waals surface area contributed by atoms with Gasteiger partial charge in [0.2, 0.25) is 12.2 Å². The lowest BCUT2D eigenvalue weighted by Gasteiger charge is -2.47. The Hall–Kier alpha value is -2.40. The molecule has 2 aliphatic rings. The molecule has 3 aromatic rings. The Morgan fingerprint density at radius 3 is 2.85 bits per heavy atom. The third-order valence-electron chi connectivity index (χ3n) is 6.25. The number of carbonyl (C=O) groups excluding carboxylic acids is 2. The van der Waals surface area contributed by atoms with E-state index >= 15 is 0 Å². The number of hydrogen-bond donors (Lipinski definition) is 1. The van der Waals surface area contributed by atoms with Crippen molar-refractivity contribution in [3.8, 4) is 0 Å². The molecule has 5 rings (SSSR count). The number of hydrogen-bond acceptors (Lipinski definition) is 7. The summed E-state index contributed by atoms with van der Waals surface area (Å²) in [4.78, 5) is 31.1. The Labute approximate surface area is 203 Å². The van der Waals surface area contributed by atoms with Crippen LogP contribution in [0, 0.1) is 11.8 Å². The van der Waals surface area contributed by atoms with Crippen molar-refractivity contribution in [3.63, 3.8) is 0 Å². The van der Waals surface area contributed by atoms with Crippen LogP contribution < -0.4 is 9.67 Å². The monoisotopic (exact) mass is 504 g/mol. The van der Waals surface area contributed by atoms with Gasteiger partial charge in [0.05, 0.1) is 47.0 Å². The summed E-state index contributed by atoms with van der Waals surface area (Å²) >= 11 is 9.20. The largest absolute Gasteiger partial charge is 0.543 e. The number of aliphatic carboxylic acids is 1. The number of benzene rings is 1. The molecule has 0 saturated carbocycles. The summed E-state index contributed by atoms with van der Waals surface area (Å²) in [6.45, 7) is 3.98. The van der Waals surface area contributed by atoms with E-state index in [0.717, 1.165) is 15.8 Å². The van der Waals surface area contributed by atoms with Crippen LogP contribution in [-0.4, -0.2) is 43.6 Å². The van der Waals surface area contributed by atoms with Gasteiger partial charge in [0.25, 0.3) is 0 Å². The summed E-state index contributed by atoms with van der Waals surface area (Å²) in [5, 5.41) is 22.6. The summed E-state index contributed by atoms with van der Waals surface area (Å²) in [6, 6.07) is 3.36. The second-order valence-corrected chi connectivity index (χ2v) is 11.2. The zero-order valence-electron chi connectivity index (χ0n) is 18.1. The van der Waals surface area contributed by atoms with Crippen LogP contribution in [0.4, 0.5) is 0 Å². The lowest BCUT2D eigenvalue weighted by molar-refractivity contribution is -0.671. The van der Waals surface area contributed by atoms with Crippen molar-refractivity contribution < 1.29 is 24.4 Å². The number of rotatable bonds is 6. The fraction of sp³-hybridized carbons (Fsp3) is 0.364. The van der Waals surface area contributed by atoms with E-state index in [1.54, 1.807) is 6.92 Å². The fourth-order valence-electron chi connectivity index (χ4n) is 4.72. The smallest absolute Gasteiger partial charge is 0.243 e. The molecule has 0 aliphatic carbocycles. The molecule has 33 heavy (non-hydrogen) atoms. The number of fused-ring (bicyclic) bond motifs is 2. The van der Waals surface area contributed by atoms with Crippen LogP contribution in [0.15, 0.2) is 45.8 Å². The average molecular weight is 505 g/mol. The number of aryl methyl sites for hydroxylation is 1. The van der Waals surface area contributed by atoms with Crippen molar-refractivity contribution in [2.24, 2.45) is 18.9 Å². The summed E-state index contributed by atoms with van der Waals surface area (Å²) < 4.78 is 5.55. The molecule has 1 saturated heterocycles. The minimum Gasteiger partial charge on any atom is -0.543 e. The van der Waals surface area contributed by atoms with E-state index in [0.29, 0.717) is 20.8 Å². The summed E-state index contributed by atoms with van der Waals surface area (Å²) in [5.41, 5.74) is 1.54. The number of carboxylic acid groups (broad SMARTS) is 1. The number of thiazole rings is 1. The van der Waals surface area contributed by atoms with E-state index in [-0.39, 0.29) is 23.6 Å². The second-order valence-electron chi connectivity index (χ2n) is 8.46. The van der Waals surface area contributed by atoms with Crippen LogP contribution in [0.2, 0.25) is 5.02 Å². The second kappa shape index (κ2) is 8.12. The van der Waals surface area contributed by atoms with Gasteiger partial charge in [-0.25, -0.2) is 14.1 Å². The lowest BCUT2D eigenvalue weighted by atomic mass is 9.79. The van der Waals surface area contributed by atoms with Crippen LogP contribution in [0.5, 0.6) is 0 Å². The van der Waals surface area contributed by atoms with Gasteiger partial charge in [0.15, 0.2) is 4.34 Å². The van der Waals surface area contributed by atoms with Crippen LogP contribution in [0.25, 0.3) is 10.2 Å². The Bertz CT molecular complexity index is 1330. The zero-order valence-corrected chi connectivity index (χ0v) is 20.4. The highest BCUT2D eigenvalue weighted by Gasteiger charge is 2.58. The number of thioether (sulfide) groups is 1. The van der Waals surface area contributed by atoms with Gasteiger partial charge in [0, 0.05) is 21.4 Å². The molecule has 0 radical (unpaired) electrons. The number of imidazole rings is 1. The van der Waals surface area contributed by atoms with Gasteiger partial charge in [0.1, 0.15) is 18.9 Å². The quantitative estimate of drug-likeness (QED) is 0.403. The van der Waals surface area contributed by atoms with Crippen molar-refractivity contribution in [3.05, 3.63) is 52.0 Å². The van der Waals surface area contributed by atoms with Gasteiger partial charge >= 0.3 is 0 Å². The van der Waals surface area contributed by atoms with Crippen LogP contribution in [-0.2, 0) is 23.2 Å². The minimum atomic E-state index is -1.39. The number of nitrogens with zero attached hydrogens (tertiary/aromatic N) is 4. The molecule has 1 fully saturated rings. The molecule has 4 heterocycles. The maximum absolute atomic E-state index is 12.5. The summed E-state index contributed by atoms with van der Waals surface area (Å²) in [7, 11) is 1.94. The first kappa shape index (κ1) is 22.4. The van der Waals surface area contributed by atoms with E-state index < -0.39 is 18.0 Å². The fourth-order valence-corrected chi connectivity index (χ4v) is 7.29. The first-order valence-electron chi connectivity index (χ1n) is 10.4. The number of carboxylic acids is 1. The Morgan fingerprint density at radius 2 is 2.21 bits per heavy atom. The van der Waals surface area contributed by atoms with Crippen molar-refractivity contribution in [2.45, 2.75) is 36.9 Å². The van der Waals surface area contributed by atoms with Crippen LogP contribution in [0.3, 0.4) is 0 Å². The third kappa shape index (κ3) is 3.56. The van der Waals surface area contributed by atoms with E-state index in [4.69, 9.17) is 16.6 Å². The number of β-lactam (4-membered cyclic amide) rings is 1. The molecule has 8 nitrogen and oxygen atoms in total. The molecule has 2 aromatic heterocycles. The topological polar surface area (TPSA) is 102 Å². The summed E-state index contributed by atoms with van der Waals surface area (Å²) in [6.07, 6.45) is 5.00. The number of amides is 1. The predicted molar refractivity (Wildman–Crippen MR) is 122 cm³/mol. The first-order chi connectivity index (χ1) is 15.7. The average Bonchev–Trinajstić information content (AvgIpc) is 3.40. The number of carbonyl (C=O) groups is 2. The highest BCUT2D eigenvalue weighted by Crippen LogP contribution is 2.52.